The van der Waals surface area contributed by atoms with E-state index >= 15 is 0 Å². The average Bonchev–Trinajstić information content (AvgIpc) is 2.06. The minimum Gasteiger partial charge on any atom is -0.316 e. The summed E-state index contributed by atoms with van der Waals surface area (Å²) in [5, 5.41) is 2.95. The van der Waals surface area contributed by atoms with Crippen molar-refractivity contribution in [3.05, 3.63) is 35.4 Å². The molecule has 0 aliphatic carbocycles. The van der Waals surface area contributed by atoms with Crippen LogP contribution in [0.5, 0.6) is 0 Å². The Morgan fingerprint density at radius 1 is 1.25 bits per heavy atom. The molecule has 1 aromatic rings. The van der Waals surface area contributed by atoms with Crippen molar-refractivity contribution >= 4 is 0 Å². The van der Waals surface area contributed by atoms with Gasteiger partial charge in [-0.05, 0) is 12.6 Å². The van der Waals surface area contributed by atoms with Crippen LogP contribution in [0, 0.1) is 0 Å². The number of alkyl halides is 2. The molecule has 0 aliphatic heterocycles. The molecule has 0 saturated carbocycles. The van der Waals surface area contributed by atoms with Gasteiger partial charge in [-0.1, -0.05) is 24.3 Å². The quantitative estimate of drug-likeness (QED) is 0.736. The molecule has 1 aromatic carbocycles. The topological polar surface area (TPSA) is 12.0 Å². The molecule has 3 heteroatoms. The summed E-state index contributed by atoms with van der Waals surface area (Å²) < 4.78 is 24.1. The van der Waals surface area contributed by atoms with Crippen molar-refractivity contribution in [3.63, 3.8) is 0 Å². The van der Waals surface area contributed by atoms with Crippen LogP contribution >= 0.6 is 0 Å². The van der Waals surface area contributed by atoms with Gasteiger partial charge >= 0.3 is 0 Å². The first-order valence-corrected chi connectivity index (χ1v) is 3.75. The largest absolute Gasteiger partial charge is 0.316 e. The molecule has 0 aromatic heterocycles. The zero-order chi connectivity index (χ0) is 8.97. The maximum absolute atomic E-state index is 12.1. The highest BCUT2D eigenvalue weighted by atomic mass is 19.3. The van der Waals surface area contributed by atoms with E-state index in [1.54, 1.807) is 12.1 Å². The number of benzene rings is 1. The first-order chi connectivity index (χ1) is 5.74. The van der Waals surface area contributed by atoms with E-state index in [9.17, 15) is 8.78 Å². The molecule has 12 heavy (non-hydrogen) atoms. The lowest BCUT2D eigenvalue weighted by Gasteiger charge is -2.01. The summed E-state index contributed by atoms with van der Waals surface area (Å²) in [6.07, 6.45) is -2.37. The molecule has 0 amide bonds. The standard InChI is InChI=1S/C9H11F2N/c1-12-6-7-2-4-8(5-3-7)9(10)11/h2-5,9,12H,6H2,1H3. The molecular formula is C9H11F2N. The van der Waals surface area contributed by atoms with Crippen LogP contribution in [0.2, 0.25) is 0 Å². The van der Waals surface area contributed by atoms with E-state index in [0.29, 0.717) is 6.54 Å². The molecule has 66 valence electrons. The molecule has 0 unspecified atom stereocenters. The lowest BCUT2D eigenvalue weighted by Crippen LogP contribution is -2.04. The van der Waals surface area contributed by atoms with E-state index in [2.05, 4.69) is 5.32 Å². The van der Waals surface area contributed by atoms with Gasteiger partial charge in [0, 0.05) is 12.1 Å². The molecule has 0 bridgehead atoms. The van der Waals surface area contributed by atoms with Crippen LogP contribution < -0.4 is 5.32 Å². The van der Waals surface area contributed by atoms with E-state index in [1.807, 2.05) is 7.05 Å². The Morgan fingerprint density at radius 2 is 1.83 bits per heavy atom. The van der Waals surface area contributed by atoms with Crippen molar-refractivity contribution in [2.24, 2.45) is 0 Å². The molecule has 0 spiro atoms. The fourth-order valence-corrected chi connectivity index (χ4v) is 0.985. The van der Waals surface area contributed by atoms with Gasteiger partial charge in [0.05, 0.1) is 0 Å². The minimum absolute atomic E-state index is 0.0786. The zero-order valence-electron chi connectivity index (χ0n) is 6.85. The van der Waals surface area contributed by atoms with E-state index in [1.165, 1.54) is 12.1 Å². The van der Waals surface area contributed by atoms with Crippen LogP contribution in [0.15, 0.2) is 24.3 Å². The molecule has 0 heterocycles. The van der Waals surface area contributed by atoms with Gasteiger partial charge < -0.3 is 5.32 Å². The van der Waals surface area contributed by atoms with Gasteiger partial charge in [-0.2, -0.15) is 0 Å². The smallest absolute Gasteiger partial charge is 0.263 e. The SMILES string of the molecule is CNCc1ccc(C(F)F)cc1. The first kappa shape index (κ1) is 9.13. The predicted octanol–water partition coefficient (Wildman–Crippen LogP) is 2.34. The highest BCUT2D eigenvalue weighted by Gasteiger charge is 2.04. The van der Waals surface area contributed by atoms with Crippen molar-refractivity contribution in [1.29, 1.82) is 0 Å². The monoisotopic (exact) mass is 171 g/mol. The lowest BCUT2D eigenvalue weighted by atomic mass is 10.1. The third-order valence-corrected chi connectivity index (χ3v) is 1.61. The van der Waals surface area contributed by atoms with Crippen molar-refractivity contribution < 1.29 is 8.78 Å². The average molecular weight is 171 g/mol. The van der Waals surface area contributed by atoms with E-state index in [4.69, 9.17) is 0 Å². The summed E-state index contributed by atoms with van der Waals surface area (Å²) in [4.78, 5) is 0. The predicted molar refractivity (Wildman–Crippen MR) is 44.2 cm³/mol. The highest BCUT2D eigenvalue weighted by molar-refractivity contribution is 5.23. The molecule has 0 radical (unpaired) electrons. The number of hydrogen-bond donors (Lipinski definition) is 1. The van der Waals surface area contributed by atoms with Gasteiger partial charge in [0.2, 0.25) is 0 Å². The summed E-state index contributed by atoms with van der Waals surface area (Å²) in [6.45, 7) is 0.712. The lowest BCUT2D eigenvalue weighted by molar-refractivity contribution is 0.151. The third-order valence-electron chi connectivity index (χ3n) is 1.61. The molecule has 1 N–H and O–H groups in total. The summed E-state index contributed by atoms with van der Waals surface area (Å²) in [5.74, 6) is 0. The molecule has 1 rings (SSSR count). The second-order valence-electron chi connectivity index (χ2n) is 2.57. The van der Waals surface area contributed by atoms with E-state index in [-0.39, 0.29) is 5.56 Å². The number of halogens is 2. The fourth-order valence-electron chi connectivity index (χ4n) is 0.985. The Labute approximate surface area is 70.4 Å². The Hall–Kier alpha value is -0.960. The molecule has 0 atom stereocenters. The summed E-state index contributed by atoms with van der Waals surface area (Å²) in [6, 6.07) is 6.32. The van der Waals surface area contributed by atoms with Crippen molar-refractivity contribution in [3.8, 4) is 0 Å². The number of nitrogens with one attached hydrogen (secondary N) is 1. The molecule has 0 fully saturated rings. The zero-order valence-corrected chi connectivity index (χ0v) is 6.85. The normalized spacial score (nSPS) is 10.7. The fraction of sp³-hybridized carbons (Fsp3) is 0.333. The number of rotatable bonds is 3. The summed E-state index contributed by atoms with van der Waals surface area (Å²) in [5.41, 5.74) is 1.09. The Morgan fingerprint density at radius 3 is 2.25 bits per heavy atom. The van der Waals surface area contributed by atoms with E-state index < -0.39 is 6.43 Å². The second kappa shape index (κ2) is 4.16. The van der Waals surface area contributed by atoms with Crippen LogP contribution in [0.1, 0.15) is 17.6 Å². The minimum atomic E-state index is -2.37. The van der Waals surface area contributed by atoms with Crippen molar-refractivity contribution in [2.45, 2.75) is 13.0 Å². The van der Waals surface area contributed by atoms with Crippen LogP contribution in [0.3, 0.4) is 0 Å². The molecule has 1 nitrogen and oxygen atoms in total. The summed E-state index contributed by atoms with van der Waals surface area (Å²) in [7, 11) is 1.82. The van der Waals surface area contributed by atoms with Crippen molar-refractivity contribution in [1.82, 2.24) is 5.32 Å². The summed E-state index contributed by atoms with van der Waals surface area (Å²) >= 11 is 0. The van der Waals surface area contributed by atoms with Gasteiger partial charge in [0.1, 0.15) is 0 Å². The van der Waals surface area contributed by atoms with Gasteiger partial charge in [-0.3, -0.25) is 0 Å². The maximum atomic E-state index is 12.1. The van der Waals surface area contributed by atoms with Gasteiger partial charge in [0.25, 0.3) is 6.43 Å². The Kier molecular flexibility index (Phi) is 3.17. The molecule has 0 saturated heterocycles. The maximum Gasteiger partial charge on any atom is 0.263 e. The third kappa shape index (κ3) is 2.27. The Bertz CT molecular complexity index is 231. The van der Waals surface area contributed by atoms with Gasteiger partial charge in [-0.25, -0.2) is 8.78 Å². The van der Waals surface area contributed by atoms with E-state index in [0.717, 1.165) is 5.56 Å². The van der Waals surface area contributed by atoms with Crippen LogP contribution in [-0.4, -0.2) is 7.05 Å². The highest BCUT2D eigenvalue weighted by Crippen LogP contribution is 2.18. The Balaban J connectivity index is 2.71. The van der Waals surface area contributed by atoms with Crippen LogP contribution in [0.25, 0.3) is 0 Å². The first-order valence-electron chi connectivity index (χ1n) is 3.75. The molecular weight excluding hydrogens is 160 g/mol. The van der Waals surface area contributed by atoms with Gasteiger partial charge in [-0.15, -0.1) is 0 Å². The van der Waals surface area contributed by atoms with Crippen LogP contribution in [-0.2, 0) is 6.54 Å². The van der Waals surface area contributed by atoms with Crippen molar-refractivity contribution in [2.75, 3.05) is 7.05 Å². The molecule has 0 aliphatic rings. The van der Waals surface area contributed by atoms with Crippen LogP contribution in [0.4, 0.5) is 8.78 Å². The number of hydrogen-bond acceptors (Lipinski definition) is 1. The van der Waals surface area contributed by atoms with Gasteiger partial charge in [0.15, 0.2) is 0 Å². The second-order valence-corrected chi connectivity index (χ2v) is 2.57.